The molecule has 1 aromatic rings. The van der Waals surface area contributed by atoms with Crippen LogP contribution in [-0.4, -0.2) is 25.1 Å². The Hall–Kier alpha value is -1.10. The minimum Gasteiger partial charge on any atom is -0.380 e. The smallest absolute Gasteiger partial charge is 0.240 e. The van der Waals surface area contributed by atoms with E-state index in [1.54, 1.807) is 7.11 Å². The number of hydrogen-bond acceptors (Lipinski definition) is 3. The molecule has 0 spiro atoms. The van der Waals surface area contributed by atoms with Crippen LogP contribution in [0, 0.1) is 0 Å². The summed E-state index contributed by atoms with van der Waals surface area (Å²) in [5.41, 5.74) is 1.88. The number of hydrogen-bond donors (Lipinski definition) is 2. The number of halogens is 1. The highest BCUT2D eigenvalue weighted by atomic mass is 35.5. The number of carbonyl (C=O) groups is 1. The average molecular weight is 313 g/mol. The average Bonchev–Trinajstić information content (AvgIpc) is 2.96. The van der Waals surface area contributed by atoms with Crippen molar-refractivity contribution in [2.24, 2.45) is 0 Å². The second-order valence-corrected chi connectivity index (χ2v) is 5.40. The van der Waals surface area contributed by atoms with Gasteiger partial charge in [-0.05, 0) is 36.9 Å². The molecule has 0 aromatic heterocycles. The van der Waals surface area contributed by atoms with E-state index in [-0.39, 0.29) is 23.9 Å². The van der Waals surface area contributed by atoms with Gasteiger partial charge in [0.2, 0.25) is 5.91 Å². The second-order valence-electron chi connectivity index (χ2n) is 5.40. The van der Waals surface area contributed by atoms with Gasteiger partial charge in [-0.2, -0.15) is 0 Å². The largest absolute Gasteiger partial charge is 0.380 e. The van der Waals surface area contributed by atoms with Crippen LogP contribution in [0.25, 0.3) is 0 Å². The fourth-order valence-corrected chi connectivity index (χ4v) is 2.81. The molecule has 2 N–H and O–H groups in total. The van der Waals surface area contributed by atoms with Gasteiger partial charge in [0, 0.05) is 13.7 Å². The van der Waals surface area contributed by atoms with Crippen LogP contribution in [0.3, 0.4) is 0 Å². The lowest BCUT2D eigenvalue weighted by molar-refractivity contribution is -0.127. The Kier molecular flexibility index (Phi) is 7.15. The van der Waals surface area contributed by atoms with Crippen molar-refractivity contribution in [3.8, 4) is 0 Å². The van der Waals surface area contributed by atoms with Gasteiger partial charge in [-0.15, -0.1) is 12.4 Å². The van der Waals surface area contributed by atoms with Gasteiger partial charge in [0.25, 0.3) is 0 Å². The van der Waals surface area contributed by atoms with E-state index >= 15 is 0 Å². The Balaban J connectivity index is 0.00000220. The molecule has 1 aliphatic rings. The predicted octanol–water partition coefficient (Wildman–Crippen LogP) is 2.40. The normalized spacial score (nSPS) is 20.9. The Morgan fingerprint density at radius 2 is 2.19 bits per heavy atom. The predicted molar refractivity (Wildman–Crippen MR) is 86.5 cm³/mol. The third-order valence-corrected chi connectivity index (χ3v) is 4.04. The van der Waals surface area contributed by atoms with E-state index in [1.165, 1.54) is 0 Å². The Labute approximate surface area is 133 Å². The summed E-state index contributed by atoms with van der Waals surface area (Å²) in [4.78, 5) is 12.4. The Bertz CT molecular complexity index is 459. The minimum absolute atomic E-state index is 0. The van der Waals surface area contributed by atoms with E-state index in [9.17, 15) is 4.79 Å². The van der Waals surface area contributed by atoms with Crippen molar-refractivity contribution in [1.82, 2.24) is 10.6 Å². The zero-order valence-corrected chi connectivity index (χ0v) is 13.6. The van der Waals surface area contributed by atoms with E-state index in [1.807, 2.05) is 18.2 Å². The summed E-state index contributed by atoms with van der Waals surface area (Å²) in [6.07, 6.45) is 2.84. The van der Waals surface area contributed by atoms with Crippen molar-refractivity contribution >= 4 is 18.3 Å². The number of methoxy groups -OCH3 is 1. The topological polar surface area (TPSA) is 50.4 Å². The molecule has 0 saturated carbocycles. The zero-order chi connectivity index (χ0) is 14.4. The molecule has 1 saturated heterocycles. The number of rotatable bonds is 6. The molecule has 1 aliphatic heterocycles. The summed E-state index contributed by atoms with van der Waals surface area (Å²) in [5.74, 6) is 0.120. The molecule has 1 unspecified atom stereocenters. The van der Waals surface area contributed by atoms with Gasteiger partial charge in [0.1, 0.15) is 0 Å². The van der Waals surface area contributed by atoms with Gasteiger partial charge in [-0.1, -0.05) is 31.2 Å². The highest BCUT2D eigenvalue weighted by molar-refractivity contribution is 5.86. The molecule has 118 valence electrons. The lowest BCUT2D eigenvalue weighted by Gasteiger charge is -2.26. The summed E-state index contributed by atoms with van der Waals surface area (Å²) in [5, 5.41) is 6.42. The van der Waals surface area contributed by atoms with E-state index in [0.717, 1.165) is 36.9 Å². The maximum Gasteiger partial charge on any atom is 0.240 e. The molecule has 1 amide bonds. The zero-order valence-electron chi connectivity index (χ0n) is 12.8. The lowest BCUT2D eigenvalue weighted by atomic mass is 9.93. The van der Waals surface area contributed by atoms with Crippen LogP contribution >= 0.6 is 12.4 Å². The van der Waals surface area contributed by atoms with E-state index < -0.39 is 0 Å². The van der Waals surface area contributed by atoms with Gasteiger partial charge in [-0.3, -0.25) is 4.79 Å². The Morgan fingerprint density at radius 3 is 2.81 bits per heavy atom. The quantitative estimate of drug-likeness (QED) is 0.848. The first-order valence-electron chi connectivity index (χ1n) is 7.30. The molecule has 1 atom stereocenters. The number of benzene rings is 1. The van der Waals surface area contributed by atoms with Crippen LogP contribution in [0.2, 0.25) is 0 Å². The van der Waals surface area contributed by atoms with Crippen molar-refractivity contribution in [2.45, 2.75) is 44.9 Å². The fourth-order valence-electron chi connectivity index (χ4n) is 2.81. The third kappa shape index (κ3) is 4.43. The van der Waals surface area contributed by atoms with Crippen molar-refractivity contribution in [3.63, 3.8) is 0 Å². The second kappa shape index (κ2) is 8.37. The highest BCUT2D eigenvalue weighted by Gasteiger charge is 2.38. The van der Waals surface area contributed by atoms with E-state index in [2.05, 4.69) is 23.6 Å². The number of ether oxygens (including phenoxy) is 1. The molecule has 0 bridgehead atoms. The maximum absolute atomic E-state index is 12.4. The van der Waals surface area contributed by atoms with Crippen LogP contribution < -0.4 is 10.6 Å². The van der Waals surface area contributed by atoms with Gasteiger partial charge < -0.3 is 15.4 Å². The molecule has 1 fully saturated rings. The molecular weight excluding hydrogens is 288 g/mol. The van der Waals surface area contributed by atoms with Gasteiger partial charge in [0.05, 0.1) is 12.1 Å². The van der Waals surface area contributed by atoms with Crippen LogP contribution in [0.15, 0.2) is 24.3 Å². The van der Waals surface area contributed by atoms with E-state index in [0.29, 0.717) is 13.2 Å². The van der Waals surface area contributed by atoms with Gasteiger partial charge >= 0.3 is 0 Å². The summed E-state index contributed by atoms with van der Waals surface area (Å²) in [7, 11) is 1.69. The van der Waals surface area contributed by atoms with Gasteiger partial charge in [-0.25, -0.2) is 0 Å². The Morgan fingerprint density at radius 1 is 1.43 bits per heavy atom. The monoisotopic (exact) mass is 312 g/mol. The standard InChI is InChI=1S/C16H24N2O2.ClH/c1-3-16(8-5-9-18-16)15(19)17-11-13-6-4-7-14(10-13)12-20-2;/h4,6-7,10,18H,3,5,8-9,11-12H2,1-2H3,(H,17,19);1H. The summed E-state index contributed by atoms with van der Waals surface area (Å²) < 4.78 is 5.13. The number of nitrogens with one attached hydrogen (secondary N) is 2. The fraction of sp³-hybridized carbons (Fsp3) is 0.562. The third-order valence-electron chi connectivity index (χ3n) is 4.04. The SMILES string of the molecule is CCC1(C(=O)NCc2cccc(COC)c2)CCCN1.Cl. The maximum atomic E-state index is 12.4. The number of amides is 1. The summed E-state index contributed by atoms with van der Waals surface area (Å²) >= 11 is 0. The van der Waals surface area contributed by atoms with Crippen LogP contribution in [-0.2, 0) is 22.7 Å². The molecule has 4 nitrogen and oxygen atoms in total. The molecule has 0 aliphatic carbocycles. The lowest BCUT2D eigenvalue weighted by Crippen LogP contribution is -2.52. The van der Waals surface area contributed by atoms with Gasteiger partial charge in [0.15, 0.2) is 0 Å². The van der Waals surface area contributed by atoms with Crippen molar-refractivity contribution in [2.75, 3.05) is 13.7 Å². The molecule has 5 heteroatoms. The van der Waals surface area contributed by atoms with Crippen molar-refractivity contribution in [1.29, 1.82) is 0 Å². The van der Waals surface area contributed by atoms with Crippen LogP contribution in [0.1, 0.15) is 37.3 Å². The molecule has 1 heterocycles. The molecule has 0 radical (unpaired) electrons. The molecular formula is C16H25ClN2O2. The first-order valence-corrected chi connectivity index (χ1v) is 7.30. The minimum atomic E-state index is -0.357. The number of carbonyl (C=O) groups excluding carboxylic acids is 1. The van der Waals surface area contributed by atoms with Crippen LogP contribution in [0.4, 0.5) is 0 Å². The molecule has 1 aromatic carbocycles. The van der Waals surface area contributed by atoms with E-state index in [4.69, 9.17) is 4.74 Å². The van der Waals surface area contributed by atoms with Crippen molar-refractivity contribution in [3.05, 3.63) is 35.4 Å². The molecule has 21 heavy (non-hydrogen) atoms. The summed E-state index contributed by atoms with van der Waals surface area (Å²) in [6.45, 7) is 4.17. The highest BCUT2D eigenvalue weighted by Crippen LogP contribution is 2.23. The first kappa shape index (κ1) is 18.0. The first-order chi connectivity index (χ1) is 9.70. The van der Waals surface area contributed by atoms with Crippen LogP contribution in [0.5, 0.6) is 0 Å². The van der Waals surface area contributed by atoms with Crippen molar-refractivity contribution < 1.29 is 9.53 Å². The molecule has 2 rings (SSSR count). The summed E-state index contributed by atoms with van der Waals surface area (Å²) in [6, 6.07) is 8.13.